The van der Waals surface area contributed by atoms with Crippen LogP contribution in [0.1, 0.15) is 273 Å². The Balaban J connectivity index is 4.25. The van der Waals surface area contributed by atoms with E-state index in [9.17, 15) is 4.79 Å². The van der Waals surface area contributed by atoms with Gasteiger partial charge < -0.3 is 24.3 Å². The van der Waals surface area contributed by atoms with E-state index in [1.165, 1.54) is 205 Å². The molecule has 0 radical (unpaired) electrons. The molecule has 0 aliphatic rings. The zero-order chi connectivity index (χ0) is 42.0. The summed E-state index contributed by atoms with van der Waals surface area (Å²) in [7, 11) is 1.74. The number of ether oxygens (including phenoxy) is 4. The summed E-state index contributed by atoms with van der Waals surface area (Å²) in [4.78, 5) is 12.8. The third kappa shape index (κ3) is 43.1. The summed E-state index contributed by atoms with van der Waals surface area (Å²) in [5.41, 5.74) is -0.449. The van der Waals surface area contributed by atoms with Gasteiger partial charge in [-0.3, -0.25) is 0 Å². The average Bonchev–Trinajstić information content (AvgIpc) is 3.18. The molecule has 0 aromatic heterocycles. The van der Waals surface area contributed by atoms with Crippen LogP contribution >= 0.6 is 0 Å². The fraction of sp³-hybridized carbons (Fsp3) is 0.980. The maximum absolute atomic E-state index is 12.8. The number of amides is 1. The van der Waals surface area contributed by atoms with Crippen LogP contribution in [0.3, 0.4) is 0 Å². The molecule has 0 aromatic rings. The van der Waals surface area contributed by atoms with Gasteiger partial charge in [-0.05, 0) is 53.4 Å². The molecule has 0 aliphatic carbocycles. The Morgan fingerprint density at radius 1 is 0.439 bits per heavy atom. The molecule has 0 heterocycles. The molecule has 0 bridgehead atoms. The van der Waals surface area contributed by atoms with E-state index in [0.29, 0.717) is 19.8 Å². The van der Waals surface area contributed by atoms with Gasteiger partial charge in [0.05, 0.1) is 24.4 Å². The van der Waals surface area contributed by atoms with Crippen molar-refractivity contribution < 1.29 is 23.7 Å². The zero-order valence-electron chi connectivity index (χ0n) is 39.9. The monoisotopic (exact) mass is 810 g/mol. The van der Waals surface area contributed by atoms with Crippen molar-refractivity contribution in [3.8, 4) is 0 Å². The first-order valence-electron chi connectivity index (χ1n) is 25.4. The number of carbonyl (C=O) groups excluding carboxylic acids is 1. The average molecular weight is 810 g/mol. The highest BCUT2D eigenvalue weighted by molar-refractivity contribution is 5.67. The number of carbonyl (C=O) groups is 1. The zero-order valence-corrected chi connectivity index (χ0v) is 39.9. The summed E-state index contributed by atoms with van der Waals surface area (Å²) in [6.45, 7) is 14.8. The molecule has 0 saturated carbocycles. The lowest BCUT2D eigenvalue weighted by Gasteiger charge is -2.28. The van der Waals surface area contributed by atoms with E-state index in [1.807, 2.05) is 0 Å². The number of rotatable bonds is 46. The first-order valence-corrected chi connectivity index (χ1v) is 25.4. The molecule has 0 unspecified atom stereocenters. The maximum Gasteiger partial charge on any atom is 0.407 e. The third-order valence-electron chi connectivity index (χ3n) is 12.2. The Morgan fingerprint density at radius 2 is 0.772 bits per heavy atom. The van der Waals surface area contributed by atoms with Gasteiger partial charge in [0, 0.05) is 19.8 Å². The molecule has 0 atom stereocenters. The Bertz CT molecular complexity index is 781. The van der Waals surface area contributed by atoms with Gasteiger partial charge in [0.25, 0.3) is 0 Å². The number of methoxy groups -OCH3 is 1. The number of hydrogen-bond donors (Lipinski definition) is 1. The summed E-state index contributed by atoms with van der Waals surface area (Å²) in [5.74, 6) is 0. The quantitative estimate of drug-likeness (QED) is 0.0621. The van der Waals surface area contributed by atoms with Crippen molar-refractivity contribution in [2.45, 2.75) is 290 Å². The molecule has 0 spiro atoms. The smallest absolute Gasteiger partial charge is 0.407 e. The highest BCUT2D eigenvalue weighted by Gasteiger charge is 2.22. The SMILES string of the molecule is CCCCCCCCCCCCCCCCCCC(CCCCCCCCCCCCCCCCCC)NC(=O)OCCOCCC(C)(C)OCCC(C)(C)OC. The van der Waals surface area contributed by atoms with E-state index in [2.05, 4.69) is 46.9 Å². The molecule has 6 heteroatoms. The second-order valence-electron chi connectivity index (χ2n) is 18.8. The topological polar surface area (TPSA) is 66.0 Å². The number of hydrogen-bond acceptors (Lipinski definition) is 5. The predicted molar refractivity (Wildman–Crippen MR) is 248 cm³/mol. The molecule has 342 valence electrons. The Hall–Kier alpha value is -0.850. The van der Waals surface area contributed by atoms with Gasteiger partial charge in [-0.2, -0.15) is 0 Å². The third-order valence-corrected chi connectivity index (χ3v) is 12.2. The normalized spacial score (nSPS) is 12.2. The Morgan fingerprint density at radius 3 is 1.12 bits per heavy atom. The molecule has 0 fully saturated rings. The van der Waals surface area contributed by atoms with Crippen LogP contribution in [0.5, 0.6) is 0 Å². The first kappa shape index (κ1) is 56.1. The summed E-state index contributed by atoms with van der Waals surface area (Å²) in [6, 6.07) is 0.206. The number of alkyl carbamates (subject to hydrolysis) is 1. The van der Waals surface area contributed by atoms with E-state index < -0.39 is 0 Å². The molecular weight excluding hydrogens is 707 g/mol. The standard InChI is InChI=1S/C51H103NO5/c1-8-10-12-14-16-18-20-22-24-26-28-30-32-34-36-38-40-48(41-39-37-35-33-31-29-27-25-23-21-19-17-15-13-11-9-2)52-49(53)56-47-46-55-44-42-51(5,6)57-45-43-50(3,4)54-7/h48H,8-47H2,1-7H3,(H,52,53). The summed E-state index contributed by atoms with van der Waals surface area (Å²) >= 11 is 0. The predicted octanol–water partition coefficient (Wildman–Crippen LogP) is 16.4. The molecule has 0 aliphatic heterocycles. The van der Waals surface area contributed by atoms with Crippen LogP contribution in [-0.2, 0) is 18.9 Å². The lowest BCUT2D eigenvalue weighted by Crippen LogP contribution is -2.36. The Labute approximate surface area is 357 Å². The molecule has 0 rings (SSSR count). The van der Waals surface area contributed by atoms with E-state index in [1.54, 1.807) is 7.11 Å². The summed E-state index contributed by atoms with van der Waals surface area (Å²) in [6.07, 6.45) is 47.7. The number of nitrogens with one attached hydrogen (secondary N) is 1. The van der Waals surface area contributed by atoms with Crippen LogP contribution in [0.25, 0.3) is 0 Å². The van der Waals surface area contributed by atoms with Crippen LogP contribution in [0.15, 0.2) is 0 Å². The largest absolute Gasteiger partial charge is 0.447 e. The number of unbranched alkanes of at least 4 members (excludes halogenated alkanes) is 30. The summed E-state index contributed by atoms with van der Waals surface area (Å²) < 4.78 is 23.0. The van der Waals surface area contributed by atoms with E-state index in [4.69, 9.17) is 18.9 Å². The van der Waals surface area contributed by atoms with Crippen LogP contribution in [0, 0.1) is 0 Å². The molecule has 6 nitrogen and oxygen atoms in total. The van der Waals surface area contributed by atoms with Crippen molar-refractivity contribution in [1.29, 1.82) is 0 Å². The highest BCUT2D eigenvalue weighted by Crippen LogP contribution is 2.20. The van der Waals surface area contributed by atoms with Gasteiger partial charge in [0.2, 0.25) is 0 Å². The minimum Gasteiger partial charge on any atom is -0.447 e. The fourth-order valence-corrected chi connectivity index (χ4v) is 7.74. The van der Waals surface area contributed by atoms with Gasteiger partial charge >= 0.3 is 6.09 Å². The molecule has 1 amide bonds. The molecule has 0 saturated heterocycles. The Kier molecular flexibility index (Phi) is 41.2. The lowest BCUT2D eigenvalue weighted by atomic mass is 9.99. The van der Waals surface area contributed by atoms with Gasteiger partial charge in [-0.25, -0.2) is 4.79 Å². The van der Waals surface area contributed by atoms with E-state index in [0.717, 1.165) is 25.7 Å². The van der Waals surface area contributed by atoms with Crippen molar-refractivity contribution in [2.75, 3.05) is 33.5 Å². The van der Waals surface area contributed by atoms with Crippen molar-refractivity contribution in [3.05, 3.63) is 0 Å². The summed E-state index contributed by atoms with van der Waals surface area (Å²) in [5, 5.41) is 3.23. The lowest BCUT2D eigenvalue weighted by molar-refractivity contribution is -0.0709. The highest BCUT2D eigenvalue weighted by atomic mass is 16.6. The fourth-order valence-electron chi connectivity index (χ4n) is 7.74. The second kappa shape index (κ2) is 41.9. The van der Waals surface area contributed by atoms with E-state index >= 15 is 0 Å². The van der Waals surface area contributed by atoms with Crippen molar-refractivity contribution in [3.63, 3.8) is 0 Å². The van der Waals surface area contributed by atoms with E-state index in [-0.39, 0.29) is 29.9 Å². The molecule has 1 N–H and O–H groups in total. The molecule has 0 aromatic carbocycles. The molecule has 57 heavy (non-hydrogen) atoms. The van der Waals surface area contributed by atoms with Gasteiger partial charge in [0.1, 0.15) is 6.61 Å². The van der Waals surface area contributed by atoms with Crippen LogP contribution < -0.4 is 5.32 Å². The first-order chi connectivity index (χ1) is 27.7. The van der Waals surface area contributed by atoms with Gasteiger partial charge in [-0.1, -0.05) is 219 Å². The minimum atomic E-state index is -0.291. The van der Waals surface area contributed by atoms with Gasteiger partial charge in [-0.15, -0.1) is 0 Å². The van der Waals surface area contributed by atoms with Crippen LogP contribution in [0.2, 0.25) is 0 Å². The minimum absolute atomic E-state index is 0.180. The molecular formula is C51H103NO5. The van der Waals surface area contributed by atoms with Crippen molar-refractivity contribution >= 4 is 6.09 Å². The maximum atomic E-state index is 12.8. The van der Waals surface area contributed by atoms with Crippen LogP contribution in [-0.4, -0.2) is 56.9 Å². The van der Waals surface area contributed by atoms with Crippen LogP contribution in [0.4, 0.5) is 4.79 Å². The van der Waals surface area contributed by atoms with Gasteiger partial charge in [0.15, 0.2) is 0 Å². The van der Waals surface area contributed by atoms with Crippen molar-refractivity contribution in [1.82, 2.24) is 5.32 Å². The second-order valence-corrected chi connectivity index (χ2v) is 18.8. The van der Waals surface area contributed by atoms with Crippen molar-refractivity contribution in [2.24, 2.45) is 0 Å².